The van der Waals surface area contributed by atoms with Gasteiger partial charge in [-0.25, -0.2) is 4.98 Å². The SMILES string of the molecule is O=C(O)CCc1cn2cc(C(F)(F)F)cc(Cl)c2n1. The highest BCUT2D eigenvalue weighted by Gasteiger charge is 2.31. The number of hydrogen-bond acceptors (Lipinski definition) is 2. The molecule has 2 aromatic rings. The van der Waals surface area contributed by atoms with Crippen molar-refractivity contribution in [3.63, 3.8) is 0 Å². The van der Waals surface area contributed by atoms with Crippen molar-refractivity contribution in [3.05, 3.63) is 34.7 Å². The highest BCUT2D eigenvalue weighted by Crippen LogP contribution is 2.32. The van der Waals surface area contributed by atoms with E-state index in [2.05, 4.69) is 4.98 Å². The van der Waals surface area contributed by atoms with Gasteiger partial charge in [-0.05, 0) is 6.07 Å². The summed E-state index contributed by atoms with van der Waals surface area (Å²) in [4.78, 5) is 14.4. The topological polar surface area (TPSA) is 54.6 Å². The van der Waals surface area contributed by atoms with Gasteiger partial charge in [0.1, 0.15) is 0 Å². The maximum atomic E-state index is 12.6. The number of halogens is 4. The molecule has 0 unspecified atom stereocenters. The third-order valence-electron chi connectivity index (χ3n) is 2.48. The molecule has 0 aliphatic carbocycles. The molecule has 0 aliphatic rings. The van der Waals surface area contributed by atoms with Gasteiger partial charge in [0, 0.05) is 18.8 Å². The maximum Gasteiger partial charge on any atom is 0.417 e. The highest BCUT2D eigenvalue weighted by molar-refractivity contribution is 6.33. The van der Waals surface area contributed by atoms with Gasteiger partial charge in [0.25, 0.3) is 0 Å². The molecule has 19 heavy (non-hydrogen) atoms. The average Bonchev–Trinajstić information content (AvgIpc) is 2.68. The fraction of sp³-hybridized carbons (Fsp3) is 0.273. The van der Waals surface area contributed by atoms with Crippen molar-refractivity contribution < 1.29 is 23.1 Å². The van der Waals surface area contributed by atoms with Crippen LogP contribution < -0.4 is 0 Å². The van der Waals surface area contributed by atoms with Crippen LogP contribution in [-0.4, -0.2) is 20.5 Å². The number of fused-ring (bicyclic) bond motifs is 1. The first-order valence-electron chi connectivity index (χ1n) is 5.23. The lowest BCUT2D eigenvalue weighted by molar-refractivity contribution is -0.138. The number of imidazole rings is 1. The van der Waals surface area contributed by atoms with Gasteiger partial charge in [-0.15, -0.1) is 0 Å². The Kier molecular flexibility index (Phi) is 3.40. The zero-order valence-electron chi connectivity index (χ0n) is 9.41. The van der Waals surface area contributed by atoms with Crippen LogP contribution in [0.15, 0.2) is 18.5 Å². The Morgan fingerprint density at radius 3 is 2.68 bits per heavy atom. The molecule has 0 atom stereocenters. The van der Waals surface area contributed by atoms with Crippen LogP contribution in [-0.2, 0) is 17.4 Å². The largest absolute Gasteiger partial charge is 0.481 e. The molecule has 1 N–H and O–H groups in total. The van der Waals surface area contributed by atoms with Crippen LogP contribution in [0.2, 0.25) is 5.02 Å². The lowest BCUT2D eigenvalue weighted by Crippen LogP contribution is -2.06. The first-order chi connectivity index (χ1) is 8.77. The van der Waals surface area contributed by atoms with Gasteiger partial charge in [-0.1, -0.05) is 11.6 Å². The second-order valence-electron chi connectivity index (χ2n) is 3.93. The Bertz CT molecular complexity index is 637. The number of alkyl halides is 3. The van der Waals surface area contributed by atoms with E-state index in [9.17, 15) is 18.0 Å². The van der Waals surface area contributed by atoms with E-state index in [1.165, 1.54) is 6.20 Å². The minimum atomic E-state index is -4.50. The number of carboxylic acid groups (broad SMARTS) is 1. The molecule has 0 radical (unpaired) electrons. The highest BCUT2D eigenvalue weighted by atomic mass is 35.5. The van der Waals surface area contributed by atoms with Crippen LogP contribution in [0.5, 0.6) is 0 Å². The maximum absolute atomic E-state index is 12.6. The fourth-order valence-electron chi connectivity index (χ4n) is 1.62. The summed E-state index contributed by atoms with van der Waals surface area (Å²) in [5.41, 5.74) is -0.328. The summed E-state index contributed by atoms with van der Waals surface area (Å²) in [6, 6.07) is 0.796. The monoisotopic (exact) mass is 292 g/mol. The smallest absolute Gasteiger partial charge is 0.417 e. The van der Waals surface area contributed by atoms with Crippen molar-refractivity contribution in [1.29, 1.82) is 0 Å². The van der Waals surface area contributed by atoms with E-state index in [4.69, 9.17) is 16.7 Å². The summed E-state index contributed by atoms with van der Waals surface area (Å²) in [7, 11) is 0. The number of aryl methyl sites for hydroxylation is 1. The van der Waals surface area contributed by atoms with Crippen molar-refractivity contribution in [2.45, 2.75) is 19.0 Å². The number of rotatable bonds is 3. The lowest BCUT2D eigenvalue weighted by atomic mass is 10.2. The first-order valence-corrected chi connectivity index (χ1v) is 5.61. The third kappa shape index (κ3) is 2.98. The molecule has 0 fully saturated rings. The van der Waals surface area contributed by atoms with Gasteiger partial charge < -0.3 is 9.51 Å². The fourth-order valence-corrected chi connectivity index (χ4v) is 1.88. The Balaban J connectivity index is 2.42. The van der Waals surface area contributed by atoms with Gasteiger partial charge in [0.15, 0.2) is 5.65 Å². The van der Waals surface area contributed by atoms with Gasteiger partial charge in [-0.2, -0.15) is 13.2 Å². The van der Waals surface area contributed by atoms with Crippen molar-refractivity contribution in [2.24, 2.45) is 0 Å². The normalized spacial score (nSPS) is 12.0. The van der Waals surface area contributed by atoms with Crippen LogP contribution in [0, 0.1) is 0 Å². The van der Waals surface area contributed by atoms with Gasteiger partial charge in [0.2, 0.25) is 0 Å². The average molecular weight is 293 g/mol. The van der Waals surface area contributed by atoms with E-state index in [1.807, 2.05) is 0 Å². The first kappa shape index (κ1) is 13.7. The molecular weight excluding hydrogens is 285 g/mol. The minimum absolute atomic E-state index is 0.128. The number of nitrogens with zero attached hydrogens (tertiary/aromatic N) is 2. The lowest BCUT2D eigenvalue weighted by Gasteiger charge is -2.07. The zero-order chi connectivity index (χ0) is 14.2. The van der Waals surface area contributed by atoms with Gasteiger partial charge in [0.05, 0.1) is 22.7 Å². The predicted octanol–water partition coefficient (Wildman–Crippen LogP) is 3.02. The second-order valence-corrected chi connectivity index (χ2v) is 4.34. The van der Waals surface area contributed by atoms with E-state index in [1.54, 1.807) is 0 Å². The van der Waals surface area contributed by atoms with E-state index in [-0.39, 0.29) is 23.5 Å². The molecule has 0 amide bonds. The third-order valence-corrected chi connectivity index (χ3v) is 2.76. The molecule has 0 saturated carbocycles. The number of aromatic nitrogens is 2. The van der Waals surface area contributed by atoms with Crippen LogP contribution in [0.1, 0.15) is 17.7 Å². The molecule has 0 saturated heterocycles. The standard InChI is InChI=1S/C11H8ClF3N2O2/c12-8-3-6(11(13,14)15)4-17-5-7(16-10(8)17)1-2-9(18)19/h3-5H,1-2H2,(H,18,19). The molecule has 0 spiro atoms. The summed E-state index contributed by atoms with van der Waals surface area (Å²) >= 11 is 5.74. The Morgan fingerprint density at radius 1 is 1.42 bits per heavy atom. The molecule has 2 heterocycles. The van der Waals surface area contributed by atoms with Crippen LogP contribution in [0.4, 0.5) is 13.2 Å². The van der Waals surface area contributed by atoms with Crippen molar-refractivity contribution in [1.82, 2.24) is 9.38 Å². The zero-order valence-corrected chi connectivity index (χ0v) is 10.2. The van der Waals surface area contributed by atoms with Crippen LogP contribution >= 0.6 is 11.6 Å². The molecule has 8 heteroatoms. The molecular formula is C11H8ClF3N2O2. The van der Waals surface area contributed by atoms with Crippen molar-refractivity contribution >= 4 is 23.2 Å². The molecule has 2 rings (SSSR count). The van der Waals surface area contributed by atoms with E-state index in [0.717, 1.165) is 16.7 Å². The number of carbonyl (C=O) groups is 1. The summed E-state index contributed by atoms with van der Waals surface area (Å²) in [6.07, 6.45) is -2.29. The van der Waals surface area contributed by atoms with Gasteiger partial charge >= 0.3 is 12.1 Å². The van der Waals surface area contributed by atoms with Gasteiger partial charge in [-0.3, -0.25) is 4.79 Å². The number of pyridine rings is 1. The summed E-state index contributed by atoms with van der Waals surface area (Å²) in [5.74, 6) is -1.00. The second kappa shape index (κ2) is 4.73. The summed E-state index contributed by atoms with van der Waals surface area (Å²) in [5, 5.41) is 8.42. The summed E-state index contributed by atoms with van der Waals surface area (Å²) < 4.78 is 38.9. The summed E-state index contributed by atoms with van der Waals surface area (Å²) in [6.45, 7) is 0. The molecule has 2 aromatic heterocycles. The molecule has 0 bridgehead atoms. The van der Waals surface area contributed by atoms with Crippen molar-refractivity contribution in [2.75, 3.05) is 0 Å². The Morgan fingerprint density at radius 2 is 2.11 bits per heavy atom. The number of carboxylic acids is 1. The van der Waals surface area contributed by atoms with E-state index >= 15 is 0 Å². The predicted molar refractivity (Wildman–Crippen MR) is 61.2 cm³/mol. The number of hydrogen-bond donors (Lipinski definition) is 1. The molecule has 4 nitrogen and oxygen atoms in total. The van der Waals surface area contributed by atoms with Crippen molar-refractivity contribution in [3.8, 4) is 0 Å². The Hall–Kier alpha value is -1.76. The van der Waals surface area contributed by atoms with E-state index in [0.29, 0.717) is 5.69 Å². The number of aliphatic carboxylic acids is 1. The van der Waals surface area contributed by atoms with E-state index < -0.39 is 17.7 Å². The minimum Gasteiger partial charge on any atom is -0.481 e. The molecule has 102 valence electrons. The Labute approximate surface area is 110 Å². The molecule has 0 aromatic carbocycles. The molecule has 0 aliphatic heterocycles. The quantitative estimate of drug-likeness (QED) is 0.946. The van der Waals surface area contributed by atoms with Crippen LogP contribution in [0.3, 0.4) is 0 Å². The van der Waals surface area contributed by atoms with Crippen LogP contribution in [0.25, 0.3) is 5.65 Å².